The minimum atomic E-state index is 0.800. The van der Waals surface area contributed by atoms with Gasteiger partial charge in [-0.15, -0.1) is 0 Å². The number of rotatable bonds is 3. The number of hydrogen-bond donors (Lipinski definition) is 1. The number of anilines is 1. The fraction of sp³-hybridized carbons (Fsp3) is 0.385. The molecule has 1 aromatic carbocycles. The molecular formula is C13H16BrN. The molecule has 0 spiro atoms. The van der Waals surface area contributed by atoms with Crippen LogP contribution in [0.1, 0.15) is 19.3 Å². The molecule has 15 heavy (non-hydrogen) atoms. The molecule has 2 rings (SSSR count). The molecule has 1 atom stereocenters. The van der Waals surface area contributed by atoms with Crippen LogP contribution in [0.15, 0.2) is 40.9 Å². The van der Waals surface area contributed by atoms with Crippen LogP contribution < -0.4 is 5.32 Å². The van der Waals surface area contributed by atoms with Gasteiger partial charge in [0.15, 0.2) is 0 Å². The first-order valence-corrected chi connectivity index (χ1v) is 6.28. The molecule has 0 saturated heterocycles. The molecule has 0 aliphatic heterocycles. The zero-order valence-corrected chi connectivity index (χ0v) is 10.3. The predicted octanol–water partition coefficient (Wildman–Crippen LogP) is 4.22. The van der Waals surface area contributed by atoms with Crippen molar-refractivity contribution in [2.24, 2.45) is 5.92 Å². The van der Waals surface area contributed by atoms with E-state index in [9.17, 15) is 0 Å². The molecule has 1 aliphatic rings. The smallest absolute Gasteiger partial charge is 0.0351 e. The molecule has 1 aromatic rings. The van der Waals surface area contributed by atoms with Crippen LogP contribution in [0, 0.1) is 5.92 Å². The Hall–Kier alpha value is -0.760. The average molecular weight is 266 g/mol. The van der Waals surface area contributed by atoms with E-state index in [-0.39, 0.29) is 0 Å². The van der Waals surface area contributed by atoms with Crippen molar-refractivity contribution in [3.8, 4) is 0 Å². The molecule has 0 radical (unpaired) electrons. The molecule has 1 nitrogen and oxygen atoms in total. The highest BCUT2D eigenvalue weighted by molar-refractivity contribution is 9.10. The van der Waals surface area contributed by atoms with E-state index < -0.39 is 0 Å². The molecule has 0 bridgehead atoms. The number of benzene rings is 1. The summed E-state index contributed by atoms with van der Waals surface area (Å²) in [6.07, 6.45) is 8.37. The van der Waals surface area contributed by atoms with Gasteiger partial charge >= 0.3 is 0 Å². The number of hydrogen-bond acceptors (Lipinski definition) is 1. The first kappa shape index (κ1) is 10.7. The second kappa shape index (κ2) is 5.36. The molecule has 80 valence electrons. The number of halogens is 1. The van der Waals surface area contributed by atoms with E-state index in [0.29, 0.717) is 0 Å². The zero-order valence-electron chi connectivity index (χ0n) is 8.75. The van der Waals surface area contributed by atoms with Crippen LogP contribution in [0.3, 0.4) is 0 Å². The van der Waals surface area contributed by atoms with Gasteiger partial charge in [-0.2, -0.15) is 0 Å². The Balaban J connectivity index is 1.84. The van der Waals surface area contributed by atoms with Crippen molar-refractivity contribution in [3.05, 3.63) is 40.9 Å². The Bertz CT molecular complexity index is 346. The second-order valence-electron chi connectivity index (χ2n) is 4.04. The summed E-state index contributed by atoms with van der Waals surface area (Å²) < 4.78 is 1.14. The van der Waals surface area contributed by atoms with Gasteiger partial charge in [0, 0.05) is 16.7 Å². The third-order valence-corrected chi connectivity index (χ3v) is 3.29. The van der Waals surface area contributed by atoms with Gasteiger partial charge in [-0.1, -0.05) is 34.1 Å². The fourth-order valence-corrected chi connectivity index (χ4v) is 2.30. The molecular weight excluding hydrogens is 250 g/mol. The summed E-state index contributed by atoms with van der Waals surface area (Å²) in [5.74, 6) is 0.800. The summed E-state index contributed by atoms with van der Waals surface area (Å²) in [4.78, 5) is 0. The van der Waals surface area contributed by atoms with Gasteiger partial charge < -0.3 is 5.32 Å². The van der Waals surface area contributed by atoms with Gasteiger partial charge in [-0.05, 0) is 43.4 Å². The lowest BCUT2D eigenvalue weighted by Crippen LogP contribution is -2.15. The maximum absolute atomic E-state index is 3.49. The topological polar surface area (TPSA) is 12.0 Å². The molecule has 1 unspecified atom stereocenters. The Morgan fingerprint density at radius 3 is 3.00 bits per heavy atom. The normalized spacial score (nSPS) is 20.2. The van der Waals surface area contributed by atoms with Crippen LogP contribution in [0.25, 0.3) is 0 Å². The van der Waals surface area contributed by atoms with Gasteiger partial charge in [-0.3, -0.25) is 0 Å². The van der Waals surface area contributed by atoms with Crippen LogP contribution in [0.5, 0.6) is 0 Å². The maximum Gasteiger partial charge on any atom is 0.0351 e. The summed E-state index contributed by atoms with van der Waals surface area (Å²) in [7, 11) is 0. The lowest BCUT2D eigenvalue weighted by Gasteiger charge is -2.18. The quantitative estimate of drug-likeness (QED) is 0.808. The van der Waals surface area contributed by atoms with Crippen molar-refractivity contribution < 1.29 is 0 Å². The van der Waals surface area contributed by atoms with Crippen LogP contribution in [0.4, 0.5) is 5.69 Å². The van der Waals surface area contributed by atoms with E-state index in [2.05, 4.69) is 57.7 Å². The van der Waals surface area contributed by atoms with Gasteiger partial charge in [0.25, 0.3) is 0 Å². The molecule has 0 amide bonds. The van der Waals surface area contributed by atoms with Crippen LogP contribution in [-0.4, -0.2) is 6.54 Å². The zero-order chi connectivity index (χ0) is 10.5. The van der Waals surface area contributed by atoms with E-state index in [1.807, 2.05) is 0 Å². The van der Waals surface area contributed by atoms with Crippen molar-refractivity contribution in [2.75, 3.05) is 11.9 Å². The highest BCUT2D eigenvalue weighted by Gasteiger charge is 2.08. The van der Waals surface area contributed by atoms with Crippen LogP contribution in [0.2, 0.25) is 0 Å². The number of allylic oxidation sites excluding steroid dienone is 2. The predicted molar refractivity (Wildman–Crippen MR) is 69.1 cm³/mol. The van der Waals surface area contributed by atoms with Crippen molar-refractivity contribution >= 4 is 21.6 Å². The Labute approximate surface area is 99.7 Å². The monoisotopic (exact) mass is 265 g/mol. The standard InChI is InChI=1S/C13H16BrN/c14-12-7-4-8-13(9-12)15-10-11-5-2-1-3-6-11/h1-2,4,7-9,11,15H,3,5-6,10H2. The molecule has 2 heteroatoms. The third-order valence-electron chi connectivity index (χ3n) is 2.80. The Morgan fingerprint density at radius 2 is 2.27 bits per heavy atom. The third kappa shape index (κ3) is 3.38. The largest absolute Gasteiger partial charge is 0.385 e. The summed E-state index contributed by atoms with van der Waals surface area (Å²) in [6.45, 7) is 1.08. The lowest BCUT2D eigenvalue weighted by atomic mass is 9.94. The summed E-state index contributed by atoms with van der Waals surface area (Å²) in [6, 6.07) is 8.35. The molecule has 0 aromatic heterocycles. The van der Waals surface area contributed by atoms with Crippen LogP contribution >= 0.6 is 15.9 Å². The van der Waals surface area contributed by atoms with Gasteiger partial charge in [0.05, 0.1) is 0 Å². The first-order valence-electron chi connectivity index (χ1n) is 5.49. The number of nitrogens with one attached hydrogen (secondary N) is 1. The molecule has 1 aliphatic carbocycles. The average Bonchev–Trinajstić information content (AvgIpc) is 2.28. The summed E-state index contributed by atoms with van der Waals surface area (Å²) in [5, 5.41) is 3.49. The van der Waals surface area contributed by atoms with E-state index in [4.69, 9.17) is 0 Å². The summed E-state index contributed by atoms with van der Waals surface area (Å²) >= 11 is 3.48. The van der Waals surface area contributed by atoms with Gasteiger partial charge in [0.1, 0.15) is 0 Å². The van der Waals surface area contributed by atoms with Crippen molar-refractivity contribution in [1.29, 1.82) is 0 Å². The first-order chi connectivity index (χ1) is 7.34. The van der Waals surface area contributed by atoms with Crippen molar-refractivity contribution in [3.63, 3.8) is 0 Å². The Kier molecular flexibility index (Phi) is 3.84. The Morgan fingerprint density at radius 1 is 1.33 bits per heavy atom. The SMILES string of the molecule is Brc1cccc(NCC2CC=CCC2)c1. The molecule has 0 saturated carbocycles. The molecule has 0 heterocycles. The van der Waals surface area contributed by atoms with Crippen molar-refractivity contribution in [2.45, 2.75) is 19.3 Å². The van der Waals surface area contributed by atoms with E-state index >= 15 is 0 Å². The van der Waals surface area contributed by atoms with E-state index in [1.54, 1.807) is 0 Å². The highest BCUT2D eigenvalue weighted by Crippen LogP contribution is 2.20. The molecule has 1 N–H and O–H groups in total. The highest BCUT2D eigenvalue weighted by atomic mass is 79.9. The lowest BCUT2D eigenvalue weighted by molar-refractivity contribution is 0.504. The second-order valence-corrected chi connectivity index (χ2v) is 4.96. The van der Waals surface area contributed by atoms with E-state index in [0.717, 1.165) is 16.9 Å². The minimum Gasteiger partial charge on any atom is -0.385 e. The van der Waals surface area contributed by atoms with Crippen molar-refractivity contribution in [1.82, 2.24) is 0 Å². The molecule has 0 fully saturated rings. The minimum absolute atomic E-state index is 0.800. The van der Waals surface area contributed by atoms with Crippen LogP contribution in [-0.2, 0) is 0 Å². The van der Waals surface area contributed by atoms with Gasteiger partial charge in [-0.25, -0.2) is 0 Å². The summed E-state index contributed by atoms with van der Waals surface area (Å²) in [5.41, 5.74) is 1.21. The maximum atomic E-state index is 3.49. The van der Waals surface area contributed by atoms with E-state index in [1.165, 1.54) is 24.9 Å². The fourth-order valence-electron chi connectivity index (χ4n) is 1.90. The van der Waals surface area contributed by atoms with Gasteiger partial charge in [0.2, 0.25) is 0 Å².